The van der Waals surface area contributed by atoms with Gasteiger partial charge in [-0.15, -0.1) is 0 Å². The molecule has 0 amide bonds. The average molecular weight is 334 g/mol. The van der Waals surface area contributed by atoms with Gasteiger partial charge in [0, 0.05) is 20.4 Å². The van der Waals surface area contributed by atoms with Gasteiger partial charge in [0.1, 0.15) is 0 Å². The van der Waals surface area contributed by atoms with Crippen LogP contribution < -0.4 is 0 Å². The summed E-state index contributed by atoms with van der Waals surface area (Å²) >= 11 is 0. The number of hydrogen-bond acceptors (Lipinski definition) is 1. The summed E-state index contributed by atoms with van der Waals surface area (Å²) < 4.78 is 0. The smallest absolute Gasteiger partial charge is 0 e. The summed E-state index contributed by atoms with van der Waals surface area (Å²) in [6.07, 6.45) is 4.66. The Bertz CT molecular complexity index is 213. The van der Waals surface area contributed by atoms with Gasteiger partial charge in [0.25, 0.3) is 0 Å². The van der Waals surface area contributed by atoms with Gasteiger partial charge >= 0.3 is 0 Å². The minimum Gasteiger partial charge on any atom is -0.304 e. The van der Waals surface area contributed by atoms with E-state index >= 15 is 0 Å². The number of hydrogen-bond donors (Lipinski definition) is 0. The van der Waals surface area contributed by atoms with Crippen LogP contribution in [0.1, 0.15) is 26.3 Å². The molecule has 2 heteroatoms. The Balaban J connectivity index is 0.00000121. The minimum atomic E-state index is 0. The Morgan fingerprint density at radius 1 is 1.42 bits per heavy atom. The third-order valence-corrected chi connectivity index (χ3v) is 1.39. The molecule has 1 radical (unpaired) electrons. The van der Waals surface area contributed by atoms with Crippen LogP contribution in [-0.2, 0) is 26.8 Å². The van der Waals surface area contributed by atoms with Gasteiger partial charge in [-0.3, -0.25) is 0 Å². The van der Waals surface area contributed by atoms with Crippen LogP contribution in [0.3, 0.4) is 0 Å². The van der Waals surface area contributed by atoms with Crippen molar-refractivity contribution in [1.82, 2.24) is 4.98 Å². The maximum atomic E-state index is 4.01. The van der Waals surface area contributed by atoms with Gasteiger partial charge in [-0.1, -0.05) is 39.6 Å². The standard InChI is InChI=1S/C10H14N.Re/c1-10(2,3)7-9-5-4-6-11-8-9;/h5-6,8H,7H2,1-3H3;/q-1;. The molecule has 0 aromatic carbocycles. The summed E-state index contributed by atoms with van der Waals surface area (Å²) in [4.78, 5) is 4.01. The van der Waals surface area contributed by atoms with Crippen LogP contribution in [0.15, 0.2) is 18.5 Å². The molecule has 0 saturated carbocycles. The molecule has 1 rings (SSSR count). The molecule has 0 unspecified atom stereocenters. The Morgan fingerprint density at radius 2 is 2.08 bits per heavy atom. The fourth-order valence-corrected chi connectivity index (χ4v) is 1.07. The molecule has 0 N–H and O–H groups in total. The van der Waals surface area contributed by atoms with Gasteiger partial charge in [-0.05, 0) is 5.41 Å². The van der Waals surface area contributed by atoms with E-state index in [2.05, 4.69) is 31.8 Å². The Hall–Kier alpha value is -0.188. The van der Waals surface area contributed by atoms with Crippen molar-refractivity contribution in [3.63, 3.8) is 0 Å². The molecule has 12 heavy (non-hydrogen) atoms. The zero-order valence-corrected chi connectivity index (χ0v) is 10.5. The predicted octanol–water partition coefficient (Wildman–Crippen LogP) is 2.47. The maximum Gasteiger partial charge on any atom is 0 e. The molecule has 0 saturated heterocycles. The van der Waals surface area contributed by atoms with Crippen molar-refractivity contribution in [3.8, 4) is 0 Å². The van der Waals surface area contributed by atoms with E-state index < -0.39 is 0 Å². The van der Waals surface area contributed by atoms with E-state index in [0.717, 1.165) is 6.42 Å². The molecule has 0 fully saturated rings. The van der Waals surface area contributed by atoms with Crippen molar-refractivity contribution in [2.24, 2.45) is 5.41 Å². The van der Waals surface area contributed by atoms with Crippen molar-refractivity contribution in [3.05, 3.63) is 30.1 Å². The predicted molar refractivity (Wildman–Crippen MR) is 46.2 cm³/mol. The largest absolute Gasteiger partial charge is 0.304 e. The number of aromatic nitrogens is 1. The first-order valence-electron chi connectivity index (χ1n) is 3.88. The molecule has 1 aromatic heterocycles. The quantitative estimate of drug-likeness (QED) is 0.719. The first-order chi connectivity index (χ1) is 5.08. The van der Waals surface area contributed by atoms with Crippen LogP contribution in [0.25, 0.3) is 0 Å². The summed E-state index contributed by atoms with van der Waals surface area (Å²) in [5, 5.41) is 0. The van der Waals surface area contributed by atoms with E-state index in [0.29, 0.717) is 5.41 Å². The molecule has 0 aliphatic carbocycles. The summed E-state index contributed by atoms with van der Waals surface area (Å²) in [7, 11) is 0. The average Bonchev–Trinajstić information content (AvgIpc) is 1.85. The van der Waals surface area contributed by atoms with E-state index in [4.69, 9.17) is 0 Å². The van der Waals surface area contributed by atoms with Gasteiger partial charge in [0.05, 0.1) is 0 Å². The van der Waals surface area contributed by atoms with Crippen molar-refractivity contribution in [2.45, 2.75) is 27.2 Å². The third kappa shape index (κ3) is 4.64. The summed E-state index contributed by atoms with van der Waals surface area (Å²) in [5.74, 6) is 0. The van der Waals surface area contributed by atoms with Crippen LogP contribution >= 0.6 is 0 Å². The Labute approximate surface area is 88.3 Å². The van der Waals surface area contributed by atoms with Crippen LogP contribution in [0.5, 0.6) is 0 Å². The molecule has 0 atom stereocenters. The second-order valence-electron chi connectivity index (χ2n) is 4.03. The van der Waals surface area contributed by atoms with Crippen LogP contribution in [0.2, 0.25) is 0 Å². The summed E-state index contributed by atoms with van der Waals surface area (Å²) in [6.45, 7) is 6.67. The fourth-order valence-electron chi connectivity index (χ4n) is 1.07. The van der Waals surface area contributed by atoms with E-state index in [1.807, 2.05) is 12.3 Å². The molecule has 0 bridgehead atoms. The molecule has 1 nitrogen and oxygen atoms in total. The number of pyridine rings is 1. The topological polar surface area (TPSA) is 12.9 Å². The molecule has 1 heterocycles. The molecular weight excluding hydrogens is 320 g/mol. The first kappa shape index (κ1) is 11.8. The second-order valence-corrected chi connectivity index (χ2v) is 4.03. The summed E-state index contributed by atoms with van der Waals surface area (Å²) in [5.41, 5.74) is 1.61. The van der Waals surface area contributed by atoms with Gasteiger partial charge < -0.3 is 4.98 Å². The van der Waals surface area contributed by atoms with Crippen LogP contribution in [-0.4, -0.2) is 4.98 Å². The molecule has 0 spiro atoms. The van der Waals surface area contributed by atoms with E-state index in [-0.39, 0.29) is 20.4 Å². The van der Waals surface area contributed by atoms with Crippen LogP contribution in [0.4, 0.5) is 0 Å². The summed E-state index contributed by atoms with van der Waals surface area (Å²) in [6, 6.07) is 4.97. The minimum absolute atomic E-state index is 0. The van der Waals surface area contributed by atoms with Gasteiger partial charge in [0.2, 0.25) is 0 Å². The van der Waals surface area contributed by atoms with E-state index in [1.165, 1.54) is 5.56 Å². The van der Waals surface area contributed by atoms with E-state index in [9.17, 15) is 0 Å². The number of nitrogens with zero attached hydrogens (tertiary/aromatic N) is 1. The van der Waals surface area contributed by atoms with Gasteiger partial charge in [0.15, 0.2) is 0 Å². The van der Waals surface area contributed by atoms with Crippen molar-refractivity contribution in [2.75, 3.05) is 0 Å². The Morgan fingerprint density at radius 3 is 2.50 bits per heavy atom. The molecule has 1 aromatic rings. The van der Waals surface area contributed by atoms with Crippen molar-refractivity contribution in [1.29, 1.82) is 0 Å². The van der Waals surface area contributed by atoms with Gasteiger partial charge in [-0.25, -0.2) is 12.1 Å². The zero-order valence-electron chi connectivity index (χ0n) is 7.76. The SMILES string of the molecule is CC(C)(C)Cc1c[c-]cnc1.[Re]. The molecule has 67 valence electrons. The normalized spacial score (nSPS) is 10.6. The first-order valence-corrected chi connectivity index (χ1v) is 3.88. The van der Waals surface area contributed by atoms with Gasteiger partial charge in [-0.2, -0.15) is 5.56 Å². The van der Waals surface area contributed by atoms with Crippen molar-refractivity contribution >= 4 is 0 Å². The molecule has 0 aliphatic rings. The monoisotopic (exact) mass is 335 g/mol. The second kappa shape index (κ2) is 4.74. The van der Waals surface area contributed by atoms with E-state index in [1.54, 1.807) is 6.20 Å². The Kier molecular flexibility index (Phi) is 4.67. The fraction of sp³-hybridized carbons (Fsp3) is 0.500. The van der Waals surface area contributed by atoms with Crippen LogP contribution in [0, 0.1) is 11.5 Å². The number of rotatable bonds is 1. The zero-order chi connectivity index (χ0) is 8.32. The third-order valence-electron chi connectivity index (χ3n) is 1.39. The molecular formula is C10H14NRe-. The maximum absolute atomic E-state index is 4.01. The molecule has 0 aliphatic heterocycles. The van der Waals surface area contributed by atoms with Crippen molar-refractivity contribution < 1.29 is 20.4 Å².